The van der Waals surface area contributed by atoms with Crippen LogP contribution in [-0.4, -0.2) is 19.9 Å². The van der Waals surface area contributed by atoms with E-state index in [-0.39, 0.29) is 0 Å². The van der Waals surface area contributed by atoms with Crippen LogP contribution in [0.25, 0.3) is 22.6 Å². The molecule has 1 aromatic carbocycles. The molecule has 0 atom stereocenters. The molecule has 2 heterocycles. The molecule has 100 valence electrons. The van der Waals surface area contributed by atoms with Crippen LogP contribution in [0.1, 0.15) is 12.6 Å². The van der Waals surface area contributed by atoms with Crippen molar-refractivity contribution in [2.75, 3.05) is 11.5 Å². The summed E-state index contributed by atoms with van der Waals surface area (Å²) >= 11 is 0. The van der Waals surface area contributed by atoms with Crippen LogP contribution in [0.4, 0.5) is 11.6 Å². The lowest BCUT2D eigenvalue weighted by molar-refractivity contribution is 1.03. The Morgan fingerprint density at radius 2 is 1.65 bits per heavy atom. The van der Waals surface area contributed by atoms with Gasteiger partial charge in [0.15, 0.2) is 22.8 Å². The number of fused-ring (bicyclic) bond motifs is 1. The van der Waals surface area contributed by atoms with Crippen LogP contribution in [0.15, 0.2) is 30.3 Å². The smallest absolute Gasteiger partial charge is 0.186 e. The summed E-state index contributed by atoms with van der Waals surface area (Å²) in [5.41, 5.74) is 14.3. The van der Waals surface area contributed by atoms with Crippen molar-refractivity contribution in [1.29, 1.82) is 0 Å². The number of aromatic nitrogens is 4. The van der Waals surface area contributed by atoms with E-state index >= 15 is 0 Å². The molecule has 0 aliphatic heterocycles. The molecular weight excluding hydrogens is 252 g/mol. The third-order valence-corrected chi connectivity index (χ3v) is 3.03. The van der Waals surface area contributed by atoms with E-state index in [2.05, 4.69) is 19.9 Å². The molecule has 0 fully saturated rings. The Bertz CT molecular complexity index is 769. The predicted octanol–water partition coefficient (Wildman–Crippen LogP) is 1.81. The van der Waals surface area contributed by atoms with Crippen molar-refractivity contribution in [3.63, 3.8) is 0 Å². The molecule has 3 rings (SSSR count). The van der Waals surface area contributed by atoms with Gasteiger partial charge >= 0.3 is 0 Å². The summed E-state index contributed by atoms with van der Waals surface area (Å²) < 4.78 is 0. The standard InChI is InChI=1S/C14H14N6/c1-2-9-11(15)18-14-10(17-9)12(16)19-13(20-14)8-6-4-3-5-7-8/h3-7H,2H2,1H3,(H4,15,16,18,19,20). The predicted molar refractivity (Wildman–Crippen MR) is 78.8 cm³/mol. The minimum Gasteiger partial charge on any atom is -0.382 e. The Morgan fingerprint density at radius 1 is 0.900 bits per heavy atom. The number of aryl methyl sites for hydroxylation is 1. The Labute approximate surface area is 115 Å². The second kappa shape index (κ2) is 4.73. The second-order valence-corrected chi connectivity index (χ2v) is 4.38. The average molecular weight is 266 g/mol. The van der Waals surface area contributed by atoms with Gasteiger partial charge in [0, 0.05) is 5.56 Å². The molecule has 0 aliphatic carbocycles. The van der Waals surface area contributed by atoms with Crippen LogP contribution in [0.3, 0.4) is 0 Å². The number of hydrogen-bond acceptors (Lipinski definition) is 6. The van der Waals surface area contributed by atoms with Gasteiger partial charge in [-0.3, -0.25) is 0 Å². The molecule has 0 spiro atoms. The van der Waals surface area contributed by atoms with Crippen LogP contribution in [0.2, 0.25) is 0 Å². The van der Waals surface area contributed by atoms with E-state index in [1.165, 1.54) is 0 Å². The zero-order valence-electron chi connectivity index (χ0n) is 11.0. The summed E-state index contributed by atoms with van der Waals surface area (Å²) in [5.74, 6) is 1.22. The molecule has 0 unspecified atom stereocenters. The molecule has 6 heteroatoms. The second-order valence-electron chi connectivity index (χ2n) is 4.38. The molecule has 2 aromatic heterocycles. The Morgan fingerprint density at radius 3 is 2.35 bits per heavy atom. The zero-order chi connectivity index (χ0) is 14.1. The van der Waals surface area contributed by atoms with Gasteiger partial charge in [0.1, 0.15) is 5.82 Å². The summed E-state index contributed by atoms with van der Waals surface area (Å²) in [4.78, 5) is 17.4. The monoisotopic (exact) mass is 266 g/mol. The highest BCUT2D eigenvalue weighted by Crippen LogP contribution is 2.22. The minimum absolute atomic E-state index is 0.316. The number of benzene rings is 1. The van der Waals surface area contributed by atoms with Gasteiger partial charge in [-0.15, -0.1) is 0 Å². The zero-order valence-corrected chi connectivity index (χ0v) is 11.0. The molecule has 0 amide bonds. The highest BCUT2D eigenvalue weighted by molar-refractivity contribution is 5.84. The maximum absolute atomic E-state index is 5.97. The van der Waals surface area contributed by atoms with Gasteiger partial charge in [-0.2, -0.15) is 0 Å². The minimum atomic E-state index is 0.316. The van der Waals surface area contributed by atoms with E-state index in [1.807, 2.05) is 37.3 Å². The van der Waals surface area contributed by atoms with Gasteiger partial charge < -0.3 is 11.5 Å². The van der Waals surface area contributed by atoms with Gasteiger partial charge in [-0.05, 0) is 6.42 Å². The Balaban J connectivity index is 2.24. The van der Waals surface area contributed by atoms with Gasteiger partial charge in [0.25, 0.3) is 0 Å². The molecule has 0 aliphatic rings. The highest BCUT2D eigenvalue weighted by atomic mass is 15.0. The fourth-order valence-electron chi connectivity index (χ4n) is 1.99. The first-order valence-corrected chi connectivity index (χ1v) is 6.34. The normalized spacial score (nSPS) is 10.8. The van der Waals surface area contributed by atoms with Crippen molar-refractivity contribution >= 4 is 22.8 Å². The molecule has 0 radical (unpaired) electrons. The fraction of sp³-hybridized carbons (Fsp3) is 0.143. The molecule has 0 saturated heterocycles. The lowest BCUT2D eigenvalue weighted by Gasteiger charge is -2.07. The number of rotatable bonds is 2. The van der Waals surface area contributed by atoms with Gasteiger partial charge in [0.05, 0.1) is 5.69 Å². The van der Waals surface area contributed by atoms with E-state index < -0.39 is 0 Å². The van der Waals surface area contributed by atoms with E-state index in [0.717, 1.165) is 5.56 Å². The first-order valence-electron chi connectivity index (χ1n) is 6.34. The van der Waals surface area contributed by atoms with Crippen LogP contribution in [0, 0.1) is 0 Å². The summed E-state index contributed by atoms with van der Waals surface area (Å²) in [7, 11) is 0. The summed E-state index contributed by atoms with van der Waals surface area (Å²) in [6.07, 6.45) is 0.689. The number of anilines is 2. The number of hydrogen-bond donors (Lipinski definition) is 2. The van der Waals surface area contributed by atoms with Crippen LogP contribution in [-0.2, 0) is 6.42 Å². The summed E-state index contributed by atoms with van der Waals surface area (Å²) in [5, 5.41) is 0. The van der Waals surface area contributed by atoms with Crippen LogP contribution in [0.5, 0.6) is 0 Å². The summed E-state index contributed by atoms with van der Waals surface area (Å²) in [6, 6.07) is 9.59. The first-order chi connectivity index (χ1) is 9.69. The number of nitrogen functional groups attached to an aromatic ring is 2. The van der Waals surface area contributed by atoms with E-state index in [0.29, 0.717) is 40.7 Å². The van der Waals surface area contributed by atoms with Gasteiger partial charge in [0.2, 0.25) is 0 Å². The lowest BCUT2D eigenvalue weighted by Crippen LogP contribution is -2.06. The molecule has 4 N–H and O–H groups in total. The lowest BCUT2D eigenvalue weighted by atomic mass is 10.2. The van der Waals surface area contributed by atoms with E-state index in [1.54, 1.807) is 0 Å². The maximum Gasteiger partial charge on any atom is 0.186 e. The van der Waals surface area contributed by atoms with Crippen molar-refractivity contribution in [1.82, 2.24) is 19.9 Å². The maximum atomic E-state index is 5.97. The van der Waals surface area contributed by atoms with Crippen molar-refractivity contribution in [3.8, 4) is 11.4 Å². The van der Waals surface area contributed by atoms with E-state index in [4.69, 9.17) is 11.5 Å². The molecule has 6 nitrogen and oxygen atoms in total. The number of nitrogens with two attached hydrogens (primary N) is 2. The molecule has 3 aromatic rings. The molecule has 0 saturated carbocycles. The first kappa shape index (κ1) is 12.3. The average Bonchev–Trinajstić information content (AvgIpc) is 2.47. The third-order valence-electron chi connectivity index (χ3n) is 3.03. The highest BCUT2D eigenvalue weighted by Gasteiger charge is 2.12. The third kappa shape index (κ3) is 2.01. The molecule has 20 heavy (non-hydrogen) atoms. The van der Waals surface area contributed by atoms with Crippen molar-refractivity contribution in [2.45, 2.75) is 13.3 Å². The van der Waals surface area contributed by atoms with Crippen LogP contribution < -0.4 is 11.5 Å². The van der Waals surface area contributed by atoms with Crippen molar-refractivity contribution < 1.29 is 0 Å². The SMILES string of the molecule is CCc1nc2c(N)nc(-c3ccccc3)nc2nc1N. The van der Waals surface area contributed by atoms with Crippen molar-refractivity contribution in [2.24, 2.45) is 0 Å². The van der Waals surface area contributed by atoms with Crippen molar-refractivity contribution in [3.05, 3.63) is 36.0 Å². The molecule has 0 bridgehead atoms. The van der Waals surface area contributed by atoms with Gasteiger partial charge in [-0.1, -0.05) is 37.3 Å². The quantitative estimate of drug-likeness (QED) is 0.733. The van der Waals surface area contributed by atoms with E-state index in [9.17, 15) is 0 Å². The Hall–Kier alpha value is -2.76. The van der Waals surface area contributed by atoms with Gasteiger partial charge in [-0.25, -0.2) is 19.9 Å². The largest absolute Gasteiger partial charge is 0.382 e. The van der Waals surface area contributed by atoms with Crippen LogP contribution >= 0.6 is 0 Å². The fourth-order valence-corrected chi connectivity index (χ4v) is 1.99. The topological polar surface area (TPSA) is 104 Å². The molecular formula is C14H14N6. The number of nitrogens with zero attached hydrogens (tertiary/aromatic N) is 4. The summed E-state index contributed by atoms with van der Waals surface area (Å²) in [6.45, 7) is 1.96. The Kier molecular flexibility index (Phi) is 2.90.